The first kappa shape index (κ1) is 13.6. The number of hydrogen-bond donors (Lipinski definition) is 1. The van der Waals surface area contributed by atoms with Crippen molar-refractivity contribution in [3.05, 3.63) is 35.4 Å². The van der Waals surface area contributed by atoms with Gasteiger partial charge in [0.1, 0.15) is 0 Å². The van der Waals surface area contributed by atoms with E-state index in [1.165, 1.54) is 12.1 Å². The van der Waals surface area contributed by atoms with Gasteiger partial charge in [0.2, 0.25) is 0 Å². The lowest BCUT2D eigenvalue weighted by Crippen LogP contribution is -2.44. The predicted octanol–water partition coefficient (Wildman–Crippen LogP) is 2.65. The van der Waals surface area contributed by atoms with Gasteiger partial charge >= 0.3 is 5.97 Å². The maximum atomic E-state index is 12.5. The summed E-state index contributed by atoms with van der Waals surface area (Å²) in [5.74, 6) is -0.570. The summed E-state index contributed by atoms with van der Waals surface area (Å²) in [6.45, 7) is 4.93. The molecule has 1 saturated heterocycles. The molecule has 0 saturated carbocycles. The number of benzene rings is 1. The summed E-state index contributed by atoms with van der Waals surface area (Å²) >= 11 is 0. The van der Waals surface area contributed by atoms with E-state index in [-0.39, 0.29) is 17.5 Å². The van der Waals surface area contributed by atoms with Crippen molar-refractivity contribution in [2.24, 2.45) is 5.92 Å². The van der Waals surface area contributed by atoms with E-state index in [1.54, 1.807) is 12.1 Å². The van der Waals surface area contributed by atoms with Crippen LogP contribution in [0.4, 0.5) is 0 Å². The second kappa shape index (κ2) is 5.43. The third-order valence-electron chi connectivity index (χ3n) is 3.74. The Morgan fingerprint density at radius 2 is 1.89 bits per heavy atom. The number of carboxylic acid groups (broad SMARTS) is 1. The number of hydrogen-bond acceptors (Lipinski definition) is 2. The Bertz CT molecular complexity index is 498. The van der Waals surface area contributed by atoms with Crippen LogP contribution in [-0.2, 0) is 0 Å². The molecule has 1 aliphatic rings. The van der Waals surface area contributed by atoms with Crippen molar-refractivity contribution >= 4 is 11.9 Å². The van der Waals surface area contributed by atoms with Crippen LogP contribution in [0, 0.1) is 5.92 Å². The minimum Gasteiger partial charge on any atom is -0.478 e. The standard InChI is InChI=1S/C15H19NO3/c1-10-6-7-11(2)16(9-10)14(17)12-4-3-5-13(8-12)15(18)19/h3-5,8,10-11H,6-7,9H2,1-2H3,(H,18,19). The molecule has 2 unspecified atom stereocenters. The van der Waals surface area contributed by atoms with E-state index in [4.69, 9.17) is 5.11 Å². The number of nitrogens with zero attached hydrogens (tertiary/aromatic N) is 1. The molecule has 1 aliphatic heterocycles. The first-order valence-electron chi connectivity index (χ1n) is 6.63. The number of likely N-dealkylation sites (tertiary alicyclic amines) is 1. The van der Waals surface area contributed by atoms with Gasteiger partial charge in [0.25, 0.3) is 5.91 Å². The highest BCUT2D eigenvalue weighted by Crippen LogP contribution is 2.23. The van der Waals surface area contributed by atoms with Crippen LogP contribution in [0.2, 0.25) is 0 Å². The molecule has 102 valence electrons. The van der Waals surface area contributed by atoms with Gasteiger partial charge in [-0.2, -0.15) is 0 Å². The van der Waals surface area contributed by atoms with E-state index in [1.807, 2.05) is 11.8 Å². The zero-order valence-corrected chi connectivity index (χ0v) is 11.3. The highest BCUT2D eigenvalue weighted by atomic mass is 16.4. The number of amides is 1. The van der Waals surface area contributed by atoms with Crippen molar-refractivity contribution < 1.29 is 14.7 Å². The van der Waals surface area contributed by atoms with E-state index in [0.717, 1.165) is 19.4 Å². The van der Waals surface area contributed by atoms with E-state index in [2.05, 4.69) is 6.92 Å². The third kappa shape index (κ3) is 2.95. The normalized spacial score (nSPS) is 23.2. The Hall–Kier alpha value is -1.84. The summed E-state index contributed by atoms with van der Waals surface area (Å²) in [4.78, 5) is 25.3. The highest BCUT2D eigenvalue weighted by Gasteiger charge is 2.27. The average Bonchev–Trinajstić information content (AvgIpc) is 2.41. The summed E-state index contributed by atoms with van der Waals surface area (Å²) in [5, 5.41) is 8.97. The zero-order valence-electron chi connectivity index (χ0n) is 11.3. The number of carbonyl (C=O) groups is 2. The molecule has 1 amide bonds. The van der Waals surface area contributed by atoms with Gasteiger partial charge in [0.05, 0.1) is 5.56 Å². The van der Waals surface area contributed by atoms with Crippen LogP contribution < -0.4 is 0 Å². The fourth-order valence-electron chi connectivity index (χ4n) is 2.52. The summed E-state index contributed by atoms with van der Waals surface area (Å²) in [5.41, 5.74) is 0.615. The lowest BCUT2D eigenvalue weighted by molar-refractivity contribution is 0.0574. The molecule has 1 aromatic carbocycles. The fraction of sp³-hybridized carbons (Fsp3) is 0.467. The summed E-state index contributed by atoms with van der Waals surface area (Å²) in [7, 11) is 0. The number of aromatic carboxylic acids is 1. The Kier molecular flexibility index (Phi) is 3.88. The van der Waals surface area contributed by atoms with Gasteiger partial charge in [-0.1, -0.05) is 13.0 Å². The van der Waals surface area contributed by atoms with E-state index in [9.17, 15) is 9.59 Å². The second-order valence-electron chi connectivity index (χ2n) is 5.38. The summed E-state index contributed by atoms with van der Waals surface area (Å²) < 4.78 is 0. The van der Waals surface area contributed by atoms with Crippen LogP contribution in [0.3, 0.4) is 0 Å². The Labute approximate surface area is 113 Å². The number of piperidine rings is 1. The van der Waals surface area contributed by atoms with E-state index >= 15 is 0 Å². The van der Waals surface area contributed by atoms with Crippen molar-refractivity contribution in [2.75, 3.05) is 6.54 Å². The van der Waals surface area contributed by atoms with Crippen LogP contribution in [0.5, 0.6) is 0 Å². The molecule has 0 bridgehead atoms. The van der Waals surface area contributed by atoms with Gasteiger partial charge in [-0.25, -0.2) is 4.79 Å². The topological polar surface area (TPSA) is 57.6 Å². The second-order valence-corrected chi connectivity index (χ2v) is 5.38. The van der Waals surface area contributed by atoms with E-state index < -0.39 is 5.97 Å². The van der Waals surface area contributed by atoms with Gasteiger partial charge in [-0.05, 0) is 43.9 Å². The molecule has 0 aromatic heterocycles. The summed E-state index contributed by atoms with van der Waals surface area (Å²) in [6.07, 6.45) is 2.14. The molecule has 1 aromatic rings. The van der Waals surface area contributed by atoms with Crippen LogP contribution >= 0.6 is 0 Å². The van der Waals surface area contributed by atoms with Crippen molar-refractivity contribution in [3.8, 4) is 0 Å². The SMILES string of the molecule is CC1CCC(C)N(C(=O)c2cccc(C(=O)O)c2)C1. The third-order valence-corrected chi connectivity index (χ3v) is 3.74. The molecule has 2 rings (SSSR count). The van der Waals surface area contributed by atoms with Crippen molar-refractivity contribution in [2.45, 2.75) is 32.7 Å². The molecule has 0 aliphatic carbocycles. The maximum Gasteiger partial charge on any atom is 0.335 e. The Balaban J connectivity index is 2.23. The van der Waals surface area contributed by atoms with Gasteiger partial charge < -0.3 is 10.0 Å². The molecule has 4 heteroatoms. The Morgan fingerprint density at radius 1 is 1.21 bits per heavy atom. The molecule has 19 heavy (non-hydrogen) atoms. The van der Waals surface area contributed by atoms with Gasteiger partial charge in [-0.3, -0.25) is 4.79 Å². The van der Waals surface area contributed by atoms with Gasteiger partial charge in [0, 0.05) is 18.2 Å². The van der Waals surface area contributed by atoms with Gasteiger partial charge in [-0.15, -0.1) is 0 Å². The van der Waals surface area contributed by atoms with E-state index in [0.29, 0.717) is 11.5 Å². The number of rotatable bonds is 2. The molecule has 2 atom stereocenters. The number of carbonyl (C=O) groups excluding carboxylic acids is 1. The highest BCUT2D eigenvalue weighted by molar-refractivity contribution is 5.97. The predicted molar refractivity (Wildman–Crippen MR) is 72.3 cm³/mol. The van der Waals surface area contributed by atoms with Gasteiger partial charge in [0.15, 0.2) is 0 Å². The molecule has 4 nitrogen and oxygen atoms in total. The quantitative estimate of drug-likeness (QED) is 0.890. The lowest BCUT2D eigenvalue weighted by atomic mass is 9.94. The monoisotopic (exact) mass is 261 g/mol. The van der Waals surface area contributed by atoms with Crippen LogP contribution in [0.15, 0.2) is 24.3 Å². The molecule has 1 heterocycles. The van der Waals surface area contributed by atoms with Crippen LogP contribution in [-0.4, -0.2) is 34.5 Å². The Morgan fingerprint density at radius 3 is 2.58 bits per heavy atom. The largest absolute Gasteiger partial charge is 0.478 e. The summed E-state index contributed by atoms with van der Waals surface area (Å²) in [6, 6.07) is 6.48. The maximum absolute atomic E-state index is 12.5. The molecule has 0 radical (unpaired) electrons. The number of carboxylic acids is 1. The average molecular weight is 261 g/mol. The van der Waals surface area contributed by atoms with Crippen molar-refractivity contribution in [1.82, 2.24) is 4.90 Å². The van der Waals surface area contributed by atoms with Crippen molar-refractivity contribution in [1.29, 1.82) is 0 Å². The molecular weight excluding hydrogens is 242 g/mol. The first-order chi connectivity index (χ1) is 8.99. The molecule has 1 fully saturated rings. The fourth-order valence-corrected chi connectivity index (χ4v) is 2.52. The zero-order chi connectivity index (χ0) is 14.0. The van der Waals surface area contributed by atoms with Crippen LogP contribution in [0.1, 0.15) is 47.4 Å². The van der Waals surface area contributed by atoms with Crippen LogP contribution in [0.25, 0.3) is 0 Å². The lowest BCUT2D eigenvalue weighted by Gasteiger charge is -2.36. The first-order valence-corrected chi connectivity index (χ1v) is 6.63. The smallest absolute Gasteiger partial charge is 0.335 e. The van der Waals surface area contributed by atoms with Crippen molar-refractivity contribution in [3.63, 3.8) is 0 Å². The minimum atomic E-state index is -1.00. The molecular formula is C15H19NO3. The molecule has 0 spiro atoms. The molecule has 1 N–H and O–H groups in total. The minimum absolute atomic E-state index is 0.0675.